The van der Waals surface area contributed by atoms with E-state index in [-0.39, 0.29) is 5.56 Å². The predicted molar refractivity (Wildman–Crippen MR) is 162 cm³/mol. The molecule has 0 N–H and O–H groups in total. The molecule has 0 aliphatic heterocycles. The zero-order valence-electron chi connectivity index (χ0n) is 19.8. The Morgan fingerprint density at radius 1 is 0.974 bits per heavy atom. The van der Waals surface area contributed by atoms with Crippen LogP contribution in [0, 0.1) is 3.57 Å². The van der Waals surface area contributed by atoms with Crippen molar-refractivity contribution in [1.82, 2.24) is 9.66 Å². The molecule has 2 heterocycles. The van der Waals surface area contributed by atoms with Gasteiger partial charge in [0.2, 0.25) is 5.82 Å². The van der Waals surface area contributed by atoms with Gasteiger partial charge in [-0.15, -0.1) is 0 Å². The van der Waals surface area contributed by atoms with Gasteiger partial charge in [-0.25, -0.2) is 4.98 Å². The van der Waals surface area contributed by atoms with Crippen LogP contribution in [0.2, 0.25) is 0 Å². The number of hydrogen-bond acceptors (Lipinski definition) is 5. The fourth-order valence-corrected chi connectivity index (χ4v) is 5.16. The largest absolute Gasteiger partial charge is 0.488 e. The molecule has 0 bridgehead atoms. The number of rotatable bonds is 6. The quantitative estimate of drug-likeness (QED) is 0.134. The van der Waals surface area contributed by atoms with Crippen molar-refractivity contribution in [2.24, 2.45) is 5.10 Å². The first-order chi connectivity index (χ1) is 18.5. The molecule has 2 aromatic heterocycles. The van der Waals surface area contributed by atoms with E-state index < -0.39 is 0 Å². The molecule has 0 radical (unpaired) electrons. The van der Waals surface area contributed by atoms with E-state index in [0.717, 1.165) is 30.3 Å². The van der Waals surface area contributed by atoms with E-state index in [1.807, 2.05) is 91.0 Å². The maximum atomic E-state index is 13.5. The Morgan fingerprint density at radius 3 is 2.63 bits per heavy atom. The van der Waals surface area contributed by atoms with Crippen molar-refractivity contribution >= 4 is 66.6 Å². The van der Waals surface area contributed by atoms with Crippen LogP contribution in [0.15, 0.2) is 116 Å². The zero-order valence-corrected chi connectivity index (χ0v) is 23.6. The van der Waals surface area contributed by atoms with E-state index in [4.69, 9.17) is 14.1 Å². The molecule has 0 unspecified atom stereocenters. The van der Waals surface area contributed by atoms with Gasteiger partial charge in [0.1, 0.15) is 17.9 Å². The molecule has 38 heavy (non-hydrogen) atoms. The minimum absolute atomic E-state index is 0.277. The van der Waals surface area contributed by atoms with Gasteiger partial charge in [-0.2, -0.15) is 9.78 Å². The number of fused-ring (bicyclic) bond motifs is 2. The molecule has 4 aromatic carbocycles. The molecule has 6 aromatic rings. The Hall–Kier alpha value is -3.76. The second-order valence-electron chi connectivity index (χ2n) is 8.57. The van der Waals surface area contributed by atoms with E-state index in [9.17, 15) is 4.79 Å². The first-order valence-corrected chi connectivity index (χ1v) is 13.6. The first-order valence-electron chi connectivity index (χ1n) is 11.8. The van der Waals surface area contributed by atoms with Crippen molar-refractivity contribution < 1.29 is 9.15 Å². The first kappa shape index (κ1) is 24.6. The highest BCUT2D eigenvalue weighted by Gasteiger charge is 2.16. The van der Waals surface area contributed by atoms with Gasteiger partial charge in [0, 0.05) is 9.86 Å². The summed E-state index contributed by atoms with van der Waals surface area (Å²) in [7, 11) is 0. The maximum absolute atomic E-state index is 13.5. The Morgan fingerprint density at radius 2 is 1.79 bits per heavy atom. The SMILES string of the molecule is O=c1c2ccccc2nc(-c2cc3cc(Br)ccc3o2)n1N=Cc1ccc(OCc2ccccc2)c(I)c1. The van der Waals surface area contributed by atoms with Crippen LogP contribution in [0.25, 0.3) is 33.5 Å². The summed E-state index contributed by atoms with van der Waals surface area (Å²) in [4.78, 5) is 18.2. The zero-order chi connectivity index (χ0) is 26.1. The number of hydrogen-bond donors (Lipinski definition) is 0. The Labute approximate surface area is 239 Å². The van der Waals surface area contributed by atoms with Gasteiger partial charge in [-0.05, 0) is 88.3 Å². The molecule has 6 nitrogen and oxygen atoms in total. The molecule has 6 rings (SSSR count). The molecule has 0 amide bonds. The lowest BCUT2D eigenvalue weighted by molar-refractivity contribution is 0.304. The van der Waals surface area contributed by atoms with Crippen LogP contribution in [-0.4, -0.2) is 15.9 Å². The van der Waals surface area contributed by atoms with Gasteiger partial charge < -0.3 is 9.15 Å². The van der Waals surface area contributed by atoms with Gasteiger partial charge >= 0.3 is 0 Å². The smallest absolute Gasteiger partial charge is 0.282 e. The van der Waals surface area contributed by atoms with Crippen molar-refractivity contribution in [3.05, 3.63) is 127 Å². The van der Waals surface area contributed by atoms with E-state index >= 15 is 0 Å². The second kappa shape index (κ2) is 10.5. The van der Waals surface area contributed by atoms with E-state index in [1.165, 1.54) is 4.68 Å². The fraction of sp³-hybridized carbons (Fsp3) is 0.0333. The molecule has 186 valence electrons. The van der Waals surface area contributed by atoms with Crippen molar-refractivity contribution in [1.29, 1.82) is 0 Å². The summed E-state index contributed by atoms with van der Waals surface area (Å²) in [6.45, 7) is 0.486. The summed E-state index contributed by atoms with van der Waals surface area (Å²) in [5.74, 6) is 1.57. The van der Waals surface area contributed by atoms with Crippen LogP contribution in [0.3, 0.4) is 0 Å². The average molecular weight is 676 g/mol. The molecular weight excluding hydrogens is 657 g/mol. The van der Waals surface area contributed by atoms with Crippen LogP contribution in [0.4, 0.5) is 0 Å². The molecule has 8 heteroatoms. The highest BCUT2D eigenvalue weighted by atomic mass is 127. The number of aromatic nitrogens is 2. The number of furan rings is 1. The highest BCUT2D eigenvalue weighted by Crippen LogP contribution is 2.29. The van der Waals surface area contributed by atoms with Crippen LogP contribution in [0.5, 0.6) is 5.75 Å². The topological polar surface area (TPSA) is 69.6 Å². The lowest BCUT2D eigenvalue weighted by atomic mass is 10.2. The third-order valence-electron chi connectivity index (χ3n) is 5.97. The normalized spacial score (nSPS) is 11.5. The molecule has 0 atom stereocenters. The van der Waals surface area contributed by atoms with Gasteiger partial charge in [0.05, 0.1) is 20.7 Å². The third-order valence-corrected chi connectivity index (χ3v) is 7.30. The number of benzene rings is 4. The van der Waals surface area contributed by atoms with Crippen LogP contribution in [-0.2, 0) is 6.61 Å². The number of halogens is 2. The number of para-hydroxylation sites is 1. The Bertz CT molecular complexity index is 1880. The minimum atomic E-state index is -0.277. The minimum Gasteiger partial charge on any atom is -0.488 e. The molecule has 0 aliphatic rings. The molecule has 0 saturated carbocycles. The van der Waals surface area contributed by atoms with Crippen molar-refractivity contribution in [2.75, 3.05) is 0 Å². The summed E-state index contributed by atoms with van der Waals surface area (Å²) in [6.07, 6.45) is 1.64. The Balaban J connectivity index is 1.37. The monoisotopic (exact) mass is 675 g/mol. The highest BCUT2D eigenvalue weighted by molar-refractivity contribution is 14.1. The van der Waals surface area contributed by atoms with Crippen LogP contribution < -0.4 is 10.3 Å². The Kier molecular flexibility index (Phi) is 6.82. The standard InChI is InChI=1S/C30H19BrIN3O3/c31-22-11-13-26-21(15-22)16-28(38-26)29-34-25-9-5-4-8-23(25)30(36)35(29)33-17-20-10-12-27(24(32)14-20)37-18-19-6-2-1-3-7-19/h1-17H,18H2. The molecular formula is C30H19BrIN3O3. The lowest BCUT2D eigenvalue weighted by Gasteiger charge is -2.09. The van der Waals surface area contributed by atoms with Crippen LogP contribution >= 0.6 is 38.5 Å². The average Bonchev–Trinajstić information content (AvgIpc) is 3.35. The maximum Gasteiger partial charge on any atom is 0.282 e. The molecule has 0 spiro atoms. The van der Waals surface area contributed by atoms with Gasteiger partial charge in [0.15, 0.2) is 5.76 Å². The summed E-state index contributed by atoms with van der Waals surface area (Å²) < 4.78 is 15.2. The summed E-state index contributed by atoms with van der Waals surface area (Å²) in [6, 6.07) is 30.6. The number of ether oxygens (including phenoxy) is 1. The van der Waals surface area contributed by atoms with Crippen LogP contribution in [0.1, 0.15) is 11.1 Å². The number of nitrogens with zero attached hydrogens (tertiary/aromatic N) is 3. The lowest BCUT2D eigenvalue weighted by Crippen LogP contribution is -2.20. The van der Waals surface area contributed by atoms with Crippen molar-refractivity contribution in [3.8, 4) is 17.3 Å². The van der Waals surface area contributed by atoms with Gasteiger partial charge in [-0.3, -0.25) is 4.79 Å². The van der Waals surface area contributed by atoms with E-state index in [2.05, 4.69) is 43.6 Å². The summed E-state index contributed by atoms with van der Waals surface area (Å²) >= 11 is 5.74. The van der Waals surface area contributed by atoms with E-state index in [0.29, 0.717) is 34.7 Å². The summed E-state index contributed by atoms with van der Waals surface area (Å²) in [5.41, 5.74) is 2.92. The van der Waals surface area contributed by atoms with Gasteiger partial charge in [0.25, 0.3) is 5.56 Å². The fourth-order valence-electron chi connectivity index (χ4n) is 4.09. The predicted octanol–water partition coefficient (Wildman–Crippen LogP) is 7.64. The third kappa shape index (κ3) is 5.01. The summed E-state index contributed by atoms with van der Waals surface area (Å²) in [5, 5.41) is 5.93. The molecule has 0 fully saturated rings. The molecule has 0 saturated heterocycles. The van der Waals surface area contributed by atoms with Crippen molar-refractivity contribution in [3.63, 3.8) is 0 Å². The molecule has 0 aliphatic carbocycles. The van der Waals surface area contributed by atoms with Crippen molar-refractivity contribution in [2.45, 2.75) is 6.61 Å². The van der Waals surface area contributed by atoms with Gasteiger partial charge in [-0.1, -0.05) is 58.4 Å². The second-order valence-corrected chi connectivity index (χ2v) is 10.6. The van der Waals surface area contributed by atoms with E-state index in [1.54, 1.807) is 12.3 Å².